The molecule has 0 atom stereocenters. The van der Waals surface area contributed by atoms with Gasteiger partial charge < -0.3 is 24.3 Å². The molecule has 1 N–H and O–H groups in total. The first-order valence-corrected chi connectivity index (χ1v) is 7.05. The number of rotatable bonds is 14. The third-order valence-electron chi connectivity index (χ3n) is 2.52. The minimum atomic E-state index is 0.166. The van der Waals surface area contributed by atoms with E-state index in [9.17, 15) is 0 Å². The summed E-state index contributed by atoms with van der Waals surface area (Å²) >= 11 is 0. The van der Waals surface area contributed by atoms with Gasteiger partial charge in [-0.3, -0.25) is 0 Å². The Morgan fingerprint density at radius 1 is 0.842 bits per heavy atom. The lowest BCUT2D eigenvalue weighted by Crippen LogP contribution is -2.33. The van der Waals surface area contributed by atoms with Crippen molar-refractivity contribution in [2.24, 2.45) is 5.41 Å². The second-order valence-corrected chi connectivity index (χ2v) is 5.21. The van der Waals surface area contributed by atoms with Gasteiger partial charge in [0.25, 0.3) is 0 Å². The highest BCUT2D eigenvalue weighted by Gasteiger charge is 2.16. The Bertz CT molecular complexity index is 188. The molecule has 0 aromatic carbocycles. The van der Waals surface area contributed by atoms with Gasteiger partial charge >= 0.3 is 0 Å². The van der Waals surface area contributed by atoms with Gasteiger partial charge in [-0.25, -0.2) is 0 Å². The quantitative estimate of drug-likeness (QED) is 0.485. The molecular formula is C14H31NO4. The Kier molecular flexibility index (Phi) is 12.7. The summed E-state index contributed by atoms with van der Waals surface area (Å²) < 4.78 is 21.2. The normalized spacial score (nSPS) is 12.0. The Morgan fingerprint density at radius 2 is 1.37 bits per heavy atom. The number of nitrogens with one attached hydrogen (secondary N) is 1. The van der Waals surface area contributed by atoms with E-state index in [2.05, 4.69) is 26.1 Å². The first-order chi connectivity index (χ1) is 9.12. The van der Waals surface area contributed by atoms with E-state index in [-0.39, 0.29) is 5.41 Å². The van der Waals surface area contributed by atoms with Crippen LogP contribution in [0.15, 0.2) is 0 Å². The third-order valence-corrected chi connectivity index (χ3v) is 2.52. The van der Waals surface area contributed by atoms with Gasteiger partial charge in [-0.15, -0.1) is 0 Å². The van der Waals surface area contributed by atoms with E-state index >= 15 is 0 Å². The zero-order valence-corrected chi connectivity index (χ0v) is 13.0. The molecule has 0 aromatic heterocycles. The molecule has 5 nitrogen and oxygen atoms in total. The lowest BCUT2D eigenvalue weighted by molar-refractivity contribution is -0.00935. The number of methoxy groups -OCH3 is 1. The summed E-state index contributed by atoms with van der Waals surface area (Å²) in [7, 11) is 1.66. The molecule has 0 heterocycles. The molecule has 0 unspecified atom stereocenters. The first kappa shape index (κ1) is 18.8. The molecule has 0 aliphatic heterocycles. The van der Waals surface area contributed by atoms with Gasteiger partial charge in [0.2, 0.25) is 0 Å². The van der Waals surface area contributed by atoms with E-state index in [1.165, 1.54) is 0 Å². The van der Waals surface area contributed by atoms with Crippen molar-refractivity contribution in [3.05, 3.63) is 0 Å². The summed E-state index contributed by atoms with van der Waals surface area (Å²) in [5, 5.41) is 3.34. The molecule has 116 valence electrons. The number of hydrogen-bond donors (Lipinski definition) is 1. The highest BCUT2D eigenvalue weighted by molar-refractivity contribution is 4.70. The summed E-state index contributed by atoms with van der Waals surface area (Å²) in [6, 6.07) is 0. The standard InChI is InChI=1S/C14H31NO4/c1-5-15-12-14(2,3)13-19-11-10-18-9-8-17-7-6-16-4/h15H,5-13H2,1-4H3. The zero-order valence-electron chi connectivity index (χ0n) is 13.0. The molecule has 0 fully saturated rings. The van der Waals surface area contributed by atoms with E-state index in [0.29, 0.717) is 39.6 Å². The summed E-state index contributed by atoms with van der Waals surface area (Å²) in [5.41, 5.74) is 0.166. The Morgan fingerprint density at radius 3 is 1.89 bits per heavy atom. The molecular weight excluding hydrogens is 246 g/mol. The van der Waals surface area contributed by atoms with Crippen molar-refractivity contribution < 1.29 is 18.9 Å². The molecule has 0 aliphatic carbocycles. The van der Waals surface area contributed by atoms with Gasteiger partial charge in [0, 0.05) is 19.1 Å². The van der Waals surface area contributed by atoms with E-state index < -0.39 is 0 Å². The average Bonchev–Trinajstić information content (AvgIpc) is 2.38. The van der Waals surface area contributed by atoms with Crippen molar-refractivity contribution in [3.63, 3.8) is 0 Å². The van der Waals surface area contributed by atoms with Crippen LogP contribution in [0.5, 0.6) is 0 Å². The Labute approximate surface area is 117 Å². The molecule has 19 heavy (non-hydrogen) atoms. The van der Waals surface area contributed by atoms with Crippen molar-refractivity contribution in [1.29, 1.82) is 0 Å². The molecule has 0 saturated heterocycles. The third kappa shape index (κ3) is 14.0. The van der Waals surface area contributed by atoms with Gasteiger partial charge in [-0.2, -0.15) is 0 Å². The second kappa shape index (κ2) is 12.8. The van der Waals surface area contributed by atoms with E-state index in [1.54, 1.807) is 7.11 Å². The molecule has 0 saturated carbocycles. The maximum Gasteiger partial charge on any atom is 0.0701 e. The summed E-state index contributed by atoms with van der Waals surface area (Å²) in [4.78, 5) is 0. The molecule has 0 aliphatic rings. The first-order valence-electron chi connectivity index (χ1n) is 7.05. The van der Waals surface area contributed by atoms with Gasteiger partial charge in [0.05, 0.1) is 46.2 Å². The maximum absolute atomic E-state index is 5.61. The van der Waals surface area contributed by atoms with E-state index in [4.69, 9.17) is 18.9 Å². The molecule has 0 radical (unpaired) electrons. The topological polar surface area (TPSA) is 49.0 Å². The van der Waals surface area contributed by atoms with Crippen LogP contribution in [0.25, 0.3) is 0 Å². The monoisotopic (exact) mass is 277 g/mol. The molecule has 0 amide bonds. The lowest BCUT2D eigenvalue weighted by atomic mass is 9.95. The maximum atomic E-state index is 5.61. The molecule has 0 rings (SSSR count). The van der Waals surface area contributed by atoms with E-state index in [1.807, 2.05) is 0 Å². The second-order valence-electron chi connectivity index (χ2n) is 5.21. The van der Waals surface area contributed by atoms with Crippen LogP contribution in [0.4, 0.5) is 0 Å². The van der Waals surface area contributed by atoms with Crippen LogP contribution in [0.2, 0.25) is 0 Å². The summed E-state index contributed by atoms with van der Waals surface area (Å²) in [6.07, 6.45) is 0. The smallest absolute Gasteiger partial charge is 0.0701 e. The van der Waals surface area contributed by atoms with Crippen molar-refractivity contribution in [2.75, 3.05) is 66.4 Å². The Hall–Kier alpha value is -0.200. The molecule has 0 spiro atoms. The summed E-state index contributed by atoms with van der Waals surface area (Å²) in [6.45, 7) is 12.9. The van der Waals surface area contributed by atoms with Crippen molar-refractivity contribution in [3.8, 4) is 0 Å². The predicted octanol–water partition coefficient (Wildman–Crippen LogP) is 1.32. The van der Waals surface area contributed by atoms with Crippen LogP contribution in [0.1, 0.15) is 20.8 Å². The SMILES string of the molecule is CCNCC(C)(C)COCCOCCOCCOC. The van der Waals surface area contributed by atoms with Crippen LogP contribution >= 0.6 is 0 Å². The fourth-order valence-electron chi connectivity index (χ4n) is 1.44. The van der Waals surface area contributed by atoms with E-state index in [0.717, 1.165) is 19.7 Å². The molecule has 5 heteroatoms. The fourth-order valence-corrected chi connectivity index (χ4v) is 1.44. The zero-order chi connectivity index (χ0) is 14.4. The fraction of sp³-hybridized carbons (Fsp3) is 1.00. The van der Waals surface area contributed by atoms with Gasteiger partial charge in [0.1, 0.15) is 0 Å². The van der Waals surface area contributed by atoms with Gasteiger partial charge in [0.15, 0.2) is 0 Å². The largest absolute Gasteiger partial charge is 0.382 e. The van der Waals surface area contributed by atoms with Gasteiger partial charge in [-0.1, -0.05) is 20.8 Å². The highest BCUT2D eigenvalue weighted by atomic mass is 16.6. The minimum absolute atomic E-state index is 0.166. The van der Waals surface area contributed by atoms with Crippen molar-refractivity contribution >= 4 is 0 Å². The number of ether oxygens (including phenoxy) is 4. The average molecular weight is 277 g/mol. The number of hydrogen-bond acceptors (Lipinski definition) is 5. The van der Waals surface area contributed by atoms with Crippen LogP contribution in [0.3, 0.4) is 0 Å². The predicted molar refractivity (Wildman–Crippen MR) is 76.7 cm³/mol. The van der Waals surface area contributed by atoms with Crippen molar-refractivity contribution in [2.45, 2.75) is 20.8 Å². The van der Waals surface area contributed by atoms with Crippen LogP contribution in [0, 0.1) is 5.41 Å². The minimum Gasteiger partial charge on any atom is -0.382 e. The highest BCUT2D eigenvalue weighted by Crippen LogP contribution is 2.13. The van der Waals surface area contributed by atoms with Crippen molar-refractivity contribution in [1.82, 2.24) is 5.32 Å². The molecule has 0 aromatic rings. The van der Waals surface area contributed by atoms with Crippen LogP contribution < -0.4 is 5.32 Å². The van der Waals surface area contributed by atoms with Crippen LogP contribution in [-0.4, -0.2) is 66.4 Å². The van der Waals surface area contributed by atoms with Gasteiger partial charge in [-0.05, 0) is 6.54 Å². The molecule has 0 bridgehead atoms. The Balaban J connectivity index is 3.21. The summed E-state index contributed by atoms with van der Waals surface area (Å²) in [5.74, 6) is 0. The lowest BCUT2D eigenvalue weighted by Gasteiger charge is -2.24. The van der Waals surface area contributed by atoms with Crippen LogP contribution in [-0.2, 0) is 18.9 Å².